The monoisotopic (exact) mass is 335 g/mol. The summed E-state index contributed by atoms with van der Waals surface area (Å²) in [5, 5.41) is 4.44. The maximum absolute atomic E-state index is 12.4. The third-order valence-electron chi connectivity index (χ3n) is 4.19. The van der Waals surface area contributed by atoms with Crippen molar-refractivity contribution in [1.29, 1.82) is 0 Å². The smallest absolute Gasteiger partial charge is 0.346 e. The van der Waals surface area contributed by atoms with Gasteiger partial charge < -0.3 is 10.1 Å². The first-order chi connectivity index (χ1) is 12.1. The predicted molar refractivity (Wildman–Crippen MR) is 99.7 cm³/mol. The molecular weight excluding hydrogens is 312 g/mol. The van der Waals surface area contributed by atoms with Crippen LogP contribution in [0.4, 0.5) is 5.69 Å². The average Bonchev–Trinajstić information content (AvgIpc) is 2.60. The molecule has 1 heterocycles. The molecule has 0 radical (unpaired) electrons. The van der Waals surface area contributed by atoms with Gasteiger partial charge in [-0.1, -0.05) is 30.3 Å². The molecule has 4 nitrogen and oxygen atoms in total. The van der Waals surface area contributed by atoms with Gasteiger partial charge in [-0.05, 0) is 44.0 Å². The summed E-state index contributed by atoms with van der Waals surface area (Å²) in [6.45, 7) is 6.93. The highest BCUT2D eigenvalue weighted by molar-refractivity contribution is 6.04. The van der Waals surface area contributed by atoms with Gasteiger partial charge in [0.15, 0.2) is 6.20 Å². The zero-order valence-corrected chi connectivity index (χ0v) is 14.8. The van der Waals surface area contributed by atoms with Gasteiger partial charge in [0, 0.05) is 12.1 Å². The first kappa shape index (κ1) is 17.0. The molecule has 25 heavy (non-hydrogen) atoms. The van der Waals surface area contributed by atoms with Crippen LogP contribution in [-0.4, -0.2) is 12.6 Å². The summed E-state index contributed by atoms with van der Waals surface area (Å²) in [5.74, 6) is -0.324. The van der Waals surface area contributed by atoms with Crippen molar-refractivity contribution in [1.82, 2.24) is 0 Å². The molecule has 0 amide bonds. The molecule has 1 aromatic heterocycles. The predicted octanol–water partition coefficient (Wildman–Crippen LogP) is 4.06. The highest BCUT2D eigenvalue weighted by Gasteiger charge is 2.21. The van der Waals surface area contributed by atoms with Gasteiger partial charge >= 0.3 is 5.97 Å². The third-order valence-corrected chi connectivity index (χ3v) is 4.19. The number of hydrogen-bond acceptors (Lipinski definition) is 3. The minimum atomic E-state index is -0.324. The fraction of sp³-hybridized carbons (Fsp3) is 0.238. The largest absolute Gasteiger partial charge is 0.462 e. The van der Waals surface area contributed by atoms with Gasteiger partial charge in [0.2, 0.25) is 5.52 Å². The van der Waals surface area contributed by atoms with E-state index in [1.807, 2.05) is 25.1 Å². The zero-order valence-electron chi connectivity index (χ0n) is 14.8. The first-order valence-corrected chi connectivity index (χ1v) is 8.50. The van der Waals surface area contributed by atoms with Crippen LogP contribution in [0.1, 0.15) is 34.0 Å². The molecule has 0 saturated carbocycles. The maximum atomic E-state index is 12.4. The van der Waals surface area contributed by atoms with E-state index in [9.17, 15) is 4.79 Å². The number of H-pyrrole nitrogens is 1. The van der Waals surface area contributed by atoms with E-state index in [0.717, 1.165) is 33.3 Å². The van der Waals surface area contributed by atoms with Crippen LogP contribution in [0, 0.1) is 13.8 Å². The molecule has 3 rings (SSSR count). The Morgan fingerprint density at radius 3 is 2.64 bits per heavy atom. The number of hydrogen-bond donors (Lipinski definition) is 1. The minimum Gasteiger partial charge on any atom is -0.462 e. The summed E-state index contributed by atoms with van der Waals surface area (Å²) in [6.07, 6.45) is 1.73. The molecule has 2 N–H and O–H groups in total. The lowest BCUT2D eigenvalue weighted by atomic mass is 10.0. The van der Waals surface area contributed by atoms with Gasteiger partial charge in [-0.25, -0.2) is 9.78 Å². The number of anilines is 1. The number of aryl methyl sites for hydroxylation is 2. The second-order valence-electron chi connectivity index (χ2n) is 6.14. The Labute approximate surface area is 147 Å². The second kappa shape index (κ2) is 7.34. The number of aromatic amines is 1. The number of esters is 1. The van der Waals surface area contributed by atoms with E-state index in [1.54, 1.807) is 6.20 Å². The SMILES string of the molecule is CCOC(=O)c1c[nH+]c2c(C)cc(C)cc2c1NCc1ccccc1. The fourth-order valence-corrected chi connectivity index (χ4v) is 3.06. The van der Waals surface area contributed by atoms with Gasteiger partial charge in [0.1, 0.15) is 5.56 Å². The number of fused-ring (bicyclic) bond motifs is 1. The lowest BCUT2D eigenvalue weighted by molar-refractivity contribution is -0.345. The van der Waals surface area contributed by atoms with E-state index in [0.29, 0.717) is 18.7 Å². The molecular formula is C21H23N2O2+. The van der Waals surface area contributed by atoms with E-state index in [4.69, 9.17) is 4.74 Å². The number of pyridine rings is 1. The van der Waals surface area contributed by atoms with Gasteiger partial charge in [-0.2, -0.15) is 0 Å². The quantitative estimate of drug-likeness (QED) is 0.715. The standard InChI is InChI=1S/C21H22N2O2/c1-4-25-21(24)18-13-23-19-15(3)10-14(2)11-17(19)20(18)22-12-16-8-6-5-7-9-16/h5-11,13H,4,12H2,1-3H3,(H,22,23)/p+1. The van der Waals surface area contributed by atoms with Crippen LogP contribution < -0.4 is 10.3 Å². The van der Waals surface area contributed by atoms with Crippen LogP contribution >= 0.6 is 0 Å². The lowest BCUT2D eigenvalue weighted by Gasteiger charge is -2.13. The second-order valence-corrected chi connectivity index (χ2v) is 6.14. The number of carbonyl (C=O) groups excluding carboxylic acids is 1. The molecule has 0 spiro atoms. The Morgan fingerprint density at radius 1 is 1.16 bits per heavy atom. The molecule has 2 aromatic carbocycles. The summed E-state index contributed by atoms with van der Waals surface area (Å²) in [4.78, 5) is 15.7. The molecule has 4 heteroatoms. The van der Waals surface area contributed by atoms with Crippen molar-refractivity contribution in [3.63, 3.8) is 0 Å². The van der Waals surface area contributed by atoms with E-state index in [1.165, 1.54) is 0 Å². The molecule has 0 atom stereocenters. The molecule has 0 aliphatic rings. The van der Waals surface area contributed by atoms with Crippen molar-refractivity contribution in [2.75, 3.05) is 11.9 Å². The number of carbonyl (C=O) groups is 1. The minimum absolute atomic E-state index is 0.324. The number of benzene rings is 2. The molecule has 128 valence electrons. The first-order valence-electron chi connectivity index (χ1n) is 8.50. The van der Waals surface area contributed by atoms with Crippen molar-refractivity contribution in [2.45, 2.75) is 27.3 Å². The van der Waals surface area contributed by atoms with Crippen LogP contribution in [0.3, 0.4) is 0 Å². The van der Waals surface area contributed by atoms with Gasteiger partial charge in [0.05, 0.1) is 17.7 Å². The molecule has 0 bridgehead atoms. The Balaban J connectivity index is 2.09. The Hall–Kier alpha value is -2.88. The van der Waals surface area contributed by atoms with Crippen LogP contribution in [0.2, 0.25) is 0 Å². The molecule has 0 unspecified atom stereocenters. The van der Waals surface area contributed by atoms with Gasteiger partial charge in [0.25, 0.3) is 0 Å². The van der Waals surface area contributed by atoms with Crippen molar-refractivity contribution < 1.29 is 14.5 Å². The van der Waals surface area contributed by atoms with Crippen molar-refractivity contribution >= 4 is 22.6 Å². The lowest BCUT2D eigenvalue weighted by Crippen LogP contribution is -2.17. The number of rotatable bonds is 5. The normalized spacial score (nSPS) is 10.7. The zero-order chi connectivity index (χ0) is 17.8. The Morgan fingerprint density at radius 2 is 1.92 bits per heavy atom. The Bertz CT molecular complexity index is 905. The van der Waals surface area contributed by atoms with Crippen molar-refractivity contribution in [3.8, 4) is 0 Å². The highest BCUT2D eigenvalue weighted by Crippen LogP contribution is 2.28. The number of aromatic nitrogens is 1. The highest BCUT2D eigenvalue weighted by atomic mass is 16.5. The summed E-state index contributed by atoms with van der Waals surface area (Å²) < 4.78 is 5.23. The summed E-state index contributed by atoms with van der Waals surface area (Å²) >= 11 is 0. The number of ether oxygens (including phenoxy) is 1. The van der Waals surface area contributed by atoms with E-state index in [2.05, 4.69) is 48.4 Å². The maximum Gasteiger partial charge on any atom is 0.346 e. The average molecular weight is 335 g/mol. The van der Waals surface area contributed by atoms with Crippen molar-refractivity contribution in [2.24, 2.45) is 0 Å². The topological polar surface area (TPSA) is 52.5 Å². The molecule has 0 aliphatic heterocycles. The van der Waals surface area contributed by atoms with Crippen molar-refractivity contribution in [3.05, 3.63) is 70.9 Å². The number of nitrogens with one attached hydrogen (secondary N) is 2. The molecule has 0 fully saturated rings. The Kier molecular flexibility index (Phi) is 4.98. The van der Waals surface area contributed by atoms with Crippen LogP contribution in [-0.2, 0) is 11.3 Å². The fourth-order valence-electron chi connectivity index (χ4n) is 3.06. The molecule has 3 aromatic rings. The van der Waals surface area contributed by atoms with E-state index < -0.39 is 0 Å². The van der Waals surface area contributed by atoms with Crippen LogP contribution in [0.5, 0.6) is 0 Å². The van der Waals surface area contributed by atoms with Gasteiger partial charge in [-0.3, -0.25) is 0 Å². The molecule has 0 aliphatic carbocycles. The van der Waals surface area contributed by atoms with Crippen LogP contribution in [0.15, 0.2) is 48.7 Å². The van der Waals surface area contributed by atoms with E-state index >= 15 is 0 Å². The summed E-state index contributed by atoms with van der Waals surface area (Å²) in [5.41, 5.74) is 5.81. The van der Waals surface area contributed by atoms with Crippen LogP contribution in [0.25, 0.3) is 10.9 Å². The summed E-state index contributed by atoms with van der Waals surface area (Å²) in [6, 6.07) is 14.4. The van der Waals surface area contributed by atoms with Gasteiger partial charge in [-0.15, -0.1) is 0 Å². The molecule has 0 saturated heterocycles. The third kappa shape index (κ3) is 3.63. The van der Waals surface area contributed by atoms with E-state index in [-0.39, 0.29) is 5.97 Å². The summed E-state index contributed by atoms with van der Waals surface area (Å²) in [7, 11) is 0.